The van der Waals surface area contributed by atoms with Crippen LogP contribution in [0, 0.1) is 0 Å². The molecular formula is C19H28O. The Labute approximate surface area is 124 Å². The van der Waals surface area contributed by atoms with Gasteiger partial charge in [-0.15, -0.1) is 0 Å². The minimum Gasteiger partial charge on any atom is -0.303 e. The van der Waals surface area contributed by atoms with Crippen LogP contribution < -0.4 is 0 Å². The second kappa shape index (κ2) is 17.4. The first-order chi connectivity index (χ1) is 9.91. The van der Waals surface area contributed by atoms with E-state index in [0.717, 1.165) is 44.8 Å². The Bertz CT molecular complexity index is 343. The molecule has 0 aromatic rings. The molecule has 0 heterocycles. The van der Waals surface area contributed by atoms with Gasteiger partial charge in [-0.2, -0.15) is 0 Å². The molecule has 0 aromatic carbocycles. The van der Waals surface area contributed by atoms with E-state index in [1.165, 1.54) is 0 Å². The molecule has 0 spiro atoms. The van der Waals surface area contributed by atoms with Gasteiger partial charge in [0, 0.05) is 6.42 Å². The van der Waals surface area contributed by atoms with E-state index in [4.69, 9.17) is 0 Å². The van der Waals surface area contributed by atoms with E-state index in [1.807, 2.05) is 0 Å². The molecule has 0 radical (unpaired) electrons. The number of unbranched alkanes of at least 4 members (excludes halogenated alkanes) is 1. The topological polar surface area (TPSA) is 17.1 Å². The van der Waals surface area contributed by atoms with E-state index in [9.17, 15) is 4.79 Å². The number of allylic oxidation sites excluding steroid dienone is 10. The molecule has 20 heavy (non-hydrogen) atoms. The zero-order valence-corrected chi connectivity index (χ0v) is 12.7. The third-order valence-electron chi connectivity index (χ3n) is 2.61. The van der Waals surface area contributed by atoms with Gasteiger partial charge in [-0.3, -0.25) is 0 Å². The molecule has 0 aliphatic heterocycles. The highest BCUT2D eigenvalue weighted by Gasteiger charge is 1.77. The Hall–Kier alpha value is -1.63. The van der Waals surface area contributed by atoms with Crippen LogP contribution in [0.2, 0.25) is 0 Å². The Morgan fingerprint density at radius 1 is 0.550 bits per heavy atom. The molecule has 0 saturated heterocycles. The molecule has 1 heteroatoms. The van der Waals surface area contributed by atoms with Crippen molar-refractivity contribution in [1.29, 1.82) is 0 Å². The predicted molar refractivity (Wildman–Crippen MR) is 89.8 cm³/mol. The summed E-state index contributed by atoms with van der Waals surface area (Å²) < 4.78 is 0. The lowest BCUT2D eigenvalue weighted by molar-refractivity contribution is -0.107. The lowest BCUT2D eigenvalue weighted by Crippen LogP contribution is -1.70. The number of carbonyl (C=O) groups excluding carboxylic acids is 1. The molecule has 0 unspecified atom stereocenters. The molecule has 0 N–H and O–H groups in total. The fourth-order valence-corrected chi connectivity index (χ4v) is 1.53. The van der Waals surface area contributed by atoms with Gasteiger partial charge in [0.05, 0.1) is 0 Å². The Morgan fingerprint density at radius 2 is 0.950 bits per heavy atom. The quantitative estimate of drug-likeness (QED) is 0.252. The van der Waals surface area contributed by atoms with E-state index >= 15 is 0 Å². The van der Waals surface area contributed by atoms with Gasteiger partial charge in [0.2, 0.25) is 0 Å². The average molecular weight is 272 g/mol. The van der Waals surface area contributed by atoms with Crippen molar-refractivity contribution in [1.82, 2.24) is 0 Å². The van der Waals surface area contributed by atoms with Gasteiger partial charge < -0.3 is 4.79 Å². The van der Waals surface area contributed by atoms with E-state index in [1.54, 1.807) is 0 Å². The molecule has 0 bridgehead atoms. The second-order valence-electron chi connectivity index (χ2n) is 4.45. The molecule has 0 saturated carbocycles. The first-order valence-corrected chi connectivity index (χ1v) is 7.60. The number of carbonyl (C=O) groups is 1. The van der Waals surface area contributed by atoms with Crippen LogP contribution in [0.1, 0.15) is 51.9 Å². The summed E-state index contributed by atoms with van der Waals surface area (Å²) >= 11 is 0. The van der Waals surface area contributed by atoms with Crippen molar-refractivity contribution in [3.63, 3.8) is 0 Å². The maximum atomic E-state index is 10.1. The molecule has 0 rings (SSSR count). The van der Waals surface area contributed by atoms with Gasteiger partial charge in [0.15, 0.2) is 0 Å². The SMILES string of the molecule is CCC=CCC=CCC=CCC=CCC=CCCC=O. The highest BCUT2D eigenvalue weighted by Crippen LogP contribution is 1.96. The monoisotopic (exact) mass is 272 g/mol. The number of aldehydes is 1. The maximum Gasteiger partial charge on any atom is 0.120 e. The summed E-state index contributed by atoms with van der Waals surface area (Å²) in [6.07, 6.45) is 29.3. The van der Waals surface area contributed by atoms with E-state index < -0.39 is 0 Å². The van der Waals surface area contributed by atoms with Crippen LogP contribution in [0.15, 0.2) is 60.8 Å². The predicted octanol–water partition coefficient (Wildman–Crippen LogP) is 5.72. The van der Waals surface area contributed by atoms with Crippen molar-refractivity contribution in [2.24, 2.45) is 0 Å². The van der Waals surface area contributed by atoms with Gasteiger partial charge in [-0.25, -0.2) is 0 Å². The van der Waals surface area contributed by atoms with Crippen LogP contribution in [0.4, 0.5) is 0 Å². The number of hydrogen-bond donors (Lipinski definition) is 0. The number of rotatable bonds is 12. The molecule has 0 aliphatic carbocycles. The van der Waals surface area contributed by atoms with Crippen molar-refractivity contribution in [3.05, 3.63) is 60.8 Å². The average Bonchev–Trinajstić information content (AvgIpc) is 2.47. The van der Waals surface area contributed by atoms with Crippen molar-refractivity contribution in [2.75, 3.05) is 0 Å². The highest BCUT2D eigenvalue weighted by molar-refractivity contribution is 5.49. The standard InChI is InChI=1S/C19H28O/c1-2-3-4-5-6-7-8-9-10-11-12-13-14-15-16-17-18-19-20/h3-4,6-7,9-10,12-13,15-16,19H,2,5,8,11,14,17-18H2,1H3. The van der Waals surface area contributed by atoms with E-state index in [0.29, 0.717) is 6.42 Å². The Kier molecular flexibility index (Phi) is 16.0. The van der Waals surface area contributed by atoms with Crippen LogP contribution in [0.5, 0.6) is 0 Å². The summed E-state index contributed by atoms with van der Waals surface area (Å²) in [5, 5.41) is 0. The van der Waals surface area contributed by atoms with Crippen molar-refractivity contribution >= 4 is 6.29 Å². The molecule has 0 aromatic heterocycles. The van der Waals surface area contributed by atoms with E-state index in [2.05, 4.69) is 67.7 Å². The lowest BCUT2D eigenvalue weighted by Gasteiger charge is -1.85. The first kappa shape index (κ1) is 18.4. The summed E-state index contributed by atoms with van der Waals surface area (Å²) in [6.45, 7) is 2.15. The number of hydrogen-bond acceptors (Lipinski definition) is 1. The summed E-state index contributed by atoms with van der Waals surface area (Å²) in [5.74, 6) is 0. The van der Waals surface area contributed by atoms with Gasteiger partial charge >= 0.3 is 0 Å². The Morgan fingerprint density at radius 3 is 1.35 bits per heavy atom. The second-order valence-corrected chi connectivity index (χ2v) is 4.45. The zero-order valence-electron chi connectivity index (χ0n) is 12.7. The maximum absolute atomic E-state index is 10.1. The summed E-state index contributed by atoms with van der Waals surface area (Å²) in [5.41, 5.74) is 0. The summed E-state index contributed by atoms with van der Waals surface area (Å²) in [4.78, 5) is 10.1. The molecular weight excluding hydrogens is 244 g/mol. The molecule has 0 aliphatic rings. The first-order valence-electron chi connectivity index (χ1n) is 7.60. The van der Waals surface area contributed by atoms with Crippen LogP contribution in [-0.2, 0) is 4.79 Å². The summed E-state index contributed by atoms with van der Waals surface area (Å²) in [7, 11) is 0. The summed E-state index contributed by atoms with van der Waals surface area (Å²) in [6, 6.07) is 0. The zero-order chi connectivity index (χ0) is 14.7. The molecule has 0 atom stereocenters. The van der Waals surface area contributed by atoms with Crippen LogP contribution >= 0.6 is 0 Å². The Balaban J connectivity index is 3.44. The van der Waals surface area contributed by atoms with E-state index in [-0.39, 0.29) is 0 Å². The third-order valence-corrected chi connectivity index (χ3v) is 2.61. The van der Waals surface area contributed by atoms with Gasteiger partial charge in [0.25, 0.3) is 0 Å². The fraction of sp³-hybridized carbons (Fsp3) is 0.421. The molecule has 0 fully saturated rings. The lowest BCUT2D eigenvalue weighted by atomic mass is 10.2. The van der Waals surface area contributed by atoms with Crippen molar-refractivity contribution < 1.29 is 4.79 Å². The van der Waals surface area contributed by atoms with Crippen LogP contribution in [0.25, 0.3) is 0 Å². The highest BCUT2D eigenvalue weighted by atomic mass is 16.1. The van der Waals surface area contributed by atoms with Gasteiger partial charge in [-0.1, -0.05) is 67.7 Å². The molecule has 110 valence electrons. The van der Waals surface area contributed by atoms with Crippen LogP contribution in [0.3, 0.4) is 0 Å². The molecule has 1 nitrogen and oxygen atoms in total. The minimum absolute atomic E-state index is 0.630. The fourth-order valence-electron chi connectivity index (χ4n) is 1.53. The molecule has 0 amide bonds. The smallest absolute Gasteiger partial charge is 0.120 e. The van der Waals surface area contributed by atoms with Crippen molar-refractivity contribution in [3.8, 4) is 0 Å². The van der Waals surface area contributed by atoms with Crippen molar-refractivity contribution in [2.45, 2.75) is 51.9 Å². The largest absolute Gasteiger partial charge is 0.303 e. The normalized spacial score (nSPS) is 12.8. The van der Waals surface area contributed by atoms with Crippen LogP contribution in [-0.4, -0.2) is 6.29 Å². The third kappa shape index (κ3) is 16.4. The van der Waals surface area contributed by atoms with Gasteiger partial charge in [0.1, 0.15) is 6.29 Å². The van der Waals surface area contributed by atoms with Gasteiger partial charge in [-0.05, 0) is 38.5 Å². The minimum atomic E-state index is 0.630.